The molecule has 0 unspecified atom stereocenters. The van der Waals surface area contributed by atoms with Gasteiger partial charge in [-0.25, -0.2) is 4.79 Å². The summed E-state index contributed by atoms with van der Waals surface area (Å²) in [5.74, 6) is -0.333. The highest BCUT2D eigenvalue weighted by atomic mass is 32.1. The summed E-state index contributed by atoms with van der Waals surface area (Å²) in [6.45, 7) is 5.26. The number of nitrogens with zero attached hydrogens (tertiary/aromatic N) is 1. The minimum atomic E-state index is -0.333. The molecule has 1 heterocycles. The normalized spacial score (nSPS) is 10.8. The number of carbonyl (C=O) groups excluding carboxylic acids is 1. The zero-order valence-corrected chi connectivity index (χ0v) is 14.1. The number of esters is 1. The minimum absolute atomic E-state index is 0.333. The first-order valence-electron chi connectivity index (χ1n) is 7.98. The number of benzene rings is 1. The molecule has 118 valence electrons. The van der Waals surface area contributed by atoms with Crippen molar-refractivity contribution in [3.8, 4) is 0 Å². The van der Waals surface area contributed by atoms with Crippen molar-refractivity contribution >= 4 is 29.1 Å². The minimum Gasteiger partial charge on any atom is -0.462 e. The predicted molar refractivity (Wildman–Crippen MR) is 92.9 cm³/mol. The van der Waals surface area contributed by atoms with E-state index in [0.29, 0.717) is 16.7 Å². The van der Waals surface area contributed by atoms with Gasteiger partial charge in [0.1, 0.15) is 0 Å². The van der Waals surface area contributed by atoms with Crippen LogP contribution in [0.25, 0.3) is 10.9 Å². The quantitative estimate of drug-likeness (QED) is 0.403. The van der Waals surface area contributed by atoms with Crippen LogP contribution >= 0.6 is 12.2 Å². The van der Waals surface area contributed by atoms with Gasteiger partial charge in [0.2, 0.25) is 0 Å². The average molecular weight is 317 g/mol. The first-order chi connectivity index (χ1) is 10.7. The zero-order valence-electron chi connectivity index (χ0n) is 13.3. The van der Waals surface area contributed by atoms with Crippen LogP contribution in [0, 0.1) is 4.51 Å². The number of fused-ring (bicyclic) bond motifs is 1. The van der Waals surface area contributed by atoms with Crippen LogP contribution in [-0.2, 0) is 11.3 Å². The van der Waals surface area contributed by atoms with Gasteiger partial charge in [0.05, 0.1) is 16.7 Å². The molecule has 0 aliphatic rings. The lowest BCUT2D eigenvalue weighted by Gasteiger charge is -2.14. The summed E-state index contributed by atoms with van der Waals surface area (Å²) in [5, 5.41) is 0.943. The molecule has 3 nitrogen and oxygen atoms in total. The van der Waals surface area contributed by atoms with Gasteiger partial charge in [-0.2, -0.15) is 0 Å². The Balaban J connectivity index is 2.42. The van der Waals surface area contributed by atoms with E-state index in [1.807, 2.05) is 24.4 Å². The highest BCUT2D eigenvalue weighted by molar-refractivity contribution is 7.71. The zero-order chi connectivity index (χ0) is 15.9. The van der Waals surface area contributed by atoms with Crippen molar-refractivity contribution in [2.24, 2.45) is 0 Å². The lowest BCUT2D eigenvalue weighted by Crippen LogP contribution is -2.10. The maximum Gasteiger partial charge on any atom is 0.341 e. The summed E-state index contributed by atoms with van der Waals surface area (Å²) in [4.78, 5) is 12.1. The second-order valence-corrected chi connectivity index (χ2v) is 5.77. The van der Waals surface area contributed by atoms with Crippen LogP contribution in [0.5, 0.6) is 0 Å². The van der Waals surface area contributed by atoms with Crippen molar-refractivity contribution in [3.05, 3.63) is 40.5 Å². The third kappa shape index (κ3) is 3.74. The summed E-state index contributed by atoms with van der Waals surface area (Å²) in [6.07, 6.45) is 6.60. The Bertz CT molecular complexity index is 706. The van der Waals surface area contributed by atoms with Gasteiger partial charge in [0, 0.05) is 23.6 Å². The van der Waals surface area contributed by atoms with Crippen LogP contribution in [0.2, 0.25) is 0 Å². The van der Waals surface area contributed by atoms with E-state index in [1.54, 1.807) is 6.92 Å². The highest BCUT2D eigenvalue weighted by Crippen LogP contribution is 2.20. The number of aromatic nitrogens is 1. The van der Waals surface area contributed by atoms with Gasteiger partial charge in [-0.15, -0.1) is 0 Å². The van der Waals surface area contributed by atoms with Gasteiger partial charge in [-0.1, -0.05) is 56.6 Å². The molecule has 0 bridgehead atoms. The largest absolute Gasteiger partial charge is 0.462 e. The molecule has 2 rings (SSSR count). The van der Waals surface area contributed by atoms with E-state index in [9.17, 15) is 4.79 Å². The van der Waals surface area contributed by atoms with Gasteiger partial charge in [0.25, 0.3) is 0 Å². The summed E-state index contributed by atoms with van der Waals surface area (Å²) < 4.78 is 7.85. The van der Waals surface area contributed by atoms with E-state index < -0.39 is 0 Å². The SMILES string of the molecule is CCCCCCn1cc(C(=O)OCC)c(=S)c2ccccc21. The molecule has 0 fully saturated rings. The lowest BCUT2D eigenvalue weighted by molar-refractivity contribution is 0.0525. The fourth-order valence-corrected chi connectivity index (χ4v) is 2.90. The van der Waals surface area contributed by atoms with E-state index in [2.05, 4.69) is 17.6 Å². The molecule has 2 aromatic rings. The van der Waals surface area contributed by atoms with Crippen LogP contribution in [0.1, 0.15) is 49.9 Å². The second-order valence-electron chi connectivity index (χ2n) is 5.36. The second kappa shape index (κ2) is 8.08. The molecule has 1 aromatic carbocycles. The Morgan fingerprint density at radius 1 is 1.18 bits per heavy atom. The number of hydrogen-bond acceptors (Lipinski definition) is 3. The fraction of sp³-hybridized carbons (Fsp3) is 0.444. The molecule has 0 aliphatic heterocycles. The Morgan fingerprint density at radius 3 is 2.68 bits per heavy atom. The van der Waals surface area contributed by atoms with Crippen molar-refractivity contribution in [1.82, 2.24) is 4.57 Å². The van der Waals surface area contributed by atoms with E-state index in [4.69, 9.17) is 17.0 Å². The number of aryl methyl sites for hydroxylation is 1. The maximum atomic E-state index is 12.1. The molecule has 0 saturated carbocycles. The van der Waals surface area contributed by atoms with E-state index >= 15 is 0 Å². The predicted octanol–water partition coefficient (Wildman–Crippen LogP) is 5.13. The number of pyridine rings is 1. The van der Waals surface area contributed by atoms with Crippen molar-refractivity contribution in [1.29, 1.82) is 0 Å². The molecule has 0 radical (unpaired) electrons. The Kier molecular flexibility index (Phi) is 6.13. The molecule has 0 atom stereocenters. The smallest absolute Gasteiger partial charge is 0.341 e. The van der Waals surface area contributed by atoms with Crippen LogP contribution in [0.4, 0.5) is 0 Å². The van der Waals surface area contributed by atoms with Crippen LogP contribution in [0.15, 0.2) is 30.5 Å². The number of unbranched alkanes of at least 4 members (excludes halogenated alkanes) is 3. The summed E-state index contributed by atoms with van der Waals surface area (Å²) in [7, 11) is 0. The Labute approximate surface area is 136 Å². The molecule has 0 amide bonds. The molecule has 0 aliphatic carbocycles. The average Bonchev–Trinajstić information content (AvgIpc) is 2.53. The molecule has 1 aromatic heterocycles. The molecule has 22 heavy (non-hydrogen) atoms. The number of carbonyl (C=O) groups is 1. The van der Waals surface area contributed by atoms with Crippen LogP contribution in [0.3, 0.4) is 0 Å². The number of para-hydroxylation sites is 1. The van der Waals surface area contributed by atoms with Crippen LogP contribution < -0.4 is 0 Å². The van der Waals surface area contributed by atoms with Crippen LogP contribution in [-0.4, -0.2) is 17.1 Å². The fourth-order valence-electron chi connectivity index (χ4n) is 2.59. The Hall–Kier alpha value is -1.68. The van der Waals surface area contributed by atoms with Gasteiger partial charge in [0.15, 0.2) is 0 Å². The van der Waals surface area contributed by atoms with Crippen molar-refractivity contribution < 1.29 is 9.53 Å². The first-order valence-corrected chi connectivity index (χ1v) is 8.39. The summed E-state index contributed by atoms with van der Waals surface area (Å²) >= 11 is 5.48. The number of hydrogen-bond donors (Lipinski definition) is 0. The molecular formula is C18H23NO2S. The van der Waals surface area contributed by atoms with Crippen molar-refractivity contribution in [2.75, 3.05) is 6.61 Å². The van der Waals surface area contributed by atoms with Gasteiger partial charge >= 0.3 is 5.97 Å². The van der Waals surface area contributed by atoms with E-state index in [0.717, 1.165) is 23.9 Å². The van der Waals surface area contributed by atoms with Gasteiger partial charge in [-0.3, -0.25) is 0 Å². The molecule has 0 saturated heterocycles. The first kappa shape index (κ1) is 16.7. The number of ether oxygens (including phenoxy) is 1. The molecular weight excluding hydrogens is 294 g/mol. The van der Waals surface area contributed by atoms with Crippen molar-refractivity contribution in [2.45, 2.75) is 46.1 Å². The van der Waals surface area contributed by atoms with E-state index in [-0.39, 0.29) is 5.97 Å². The summed E-state index contributed by atoms with van der Waals surface area (Å²) in [5.41, 5.74) is 1.57. The monoisotopic (exact) mass is 317 g/mol. The Morgan fingerprint density at radius 2 is 1.95 bits per heavy atom. The van der Waals surface area contributed by atoms with Gasteiger partial charge in [-0.05, 0) is 19.4 Å². The molecule has 4 heteroatoms. The molecule has 0 spiro atoms. The van der Waals surface area contributed by atoms with Crippen molar-refractivity contribution in [3.63, 3.8) is 0 Å². The summed E-state index contributed by atoms with van der Waals surface area (Å²) in [6, 6.07) is 7.99. The lowest BCUT2D eigenvalue weighted by atomic mass is 10.1. The number of rotatable bonds is 7. The third-order valence-electron chi connectivity index (χ3n) is 3.74. The topological polar surface area (TPSA) is 31.2 Å². The maximum absolute atomic E-state index is 12.1. The van der Waals surface area contributed by atoms with Gasteiger partial charge < -0.3 is 9.30 Å². The van der Waals surface area contributed by atoms with E-state index in [1.165, 1.54) is 19.3 Å². The molecule has 0 N–H and O–H groups in total. The highest BCUT2D eigenvalue weighted by Gasteiger charge is 2.13. The third-order valence-corrected chi connectivity index (χ3v) is 4.18. The standard InChI is InChI=1S/C18H23NO2S/c1-3-5-6-9-12-19-13-15(18(20)21-4-2)17(22)14-10-7-8-11-16(14)19/h7-8,10-11,13H,3-6,9,12H2,1-2H3.